The van der Waals surface area contributed by atoms with Crippen LogP contribution < -0.4 is 10.1 Å². The van der Waals surface area contributed by atoms with Gasteiger partial charge in [0.1, 0.15) is 11.9 Å². The van der Waals surface area contributed by atoms with Gasteiger partial charge in [-0.3, -0.25) is 4.98 Å². The first-order valence-electron chi connectivity index (χ1n) is 8.20. The Kier molecular flexibility index (Phi) is 4.56. The highest BCUT2D eigenvalue weighted by molar-refractivity contribution is 5.20. The number of hydrogen-bond acceptors (Lipinski definition) is 3. The van der Waals surface area contributed by atoms with Crippen molar-refractivity contribution in [2.24, 2.45) is 5.92 Å². The fourth-order valence-corrected chi connectivity index (χ4v) is 3.09. The molecule has 1 aromatic heterocycles. The molecule has 2 unspecified atom stereocenters. The van der Waals surface area contributed by atoms with Crippen LogP contribution in [-0.2, 0) is 6.54 Å². The Morgan fingerprint density at radius 1 is 1.20 bits per heavy atom. The Morgan fingerprint density at radius 2 is 2.05 bits per heavy atom. The number of nitrogens with one attached hydrogen (secondary N) is 1. The molecule has 0 bridgehead atoms. The van der Waals surface area contributed by atoms with Gasteiger partial charge in [-0.2, -0.15) is 0 Å². The van der Waals surface area contributed by atoms with E-state index < -0.39 is 0 Å². The van der Waals surface area contributed by atoms with E-state index in [1.165, 1.54) is 44.9 Å². The molecule has 0 aliphatic heterocycles. The van der Waals surface area contributed by atoms with E-state index in [0.29, 0.717) is 6.10 Å². The quantitative estimate of drug-likeness (QED) is 0.859. The number of hydrogen-bond donors (Lipinski definition) is 1. The fraction of sp³-hybridized carbons (Fsp3) is 0.706. The van der Waals surface area contributed by atoms with Crippen molar-refractivity contribution < 1.29 is 4.74 Å². The third-order valence-electron chi connectivity index (χ3n) is 4.60. The van der Waals surface area contributed by atoms with E-state index in [0.717, 1.165) is 29.9 Å². The van der Waals surface area contributed by atoms with Crippen molar-refractivity contribution in [3.8, 4) is 5.75 Å². The third kappa shape index (κ3) is 3.72. The van der Waals surface area contributed by atoms with Gasteiger partial charge in [0.05, 0.1) is 11.9 Å². The monoisotopic (exact) mass is 274 g/mol. The van der Waals surface area contributed by atoms with Crippen LogP contribution in [0.2, 0.25) is 0 Å². The molecule has 0 aromatic carbocycles. The predicted octanol–water partition coefficient (Wildman–Crippen LogP) is 3.68. The van der Waals surface area contributed by atoms with Gasteiger partial charge in [-0.15, -0.1) is 0 Å². The van der Waals surface area contributed by atoms with Crippen LogP contribution >= 0.6 is 0 Å². The smallest absolute Gasteiger partial charge is 0.138 e. The second-order valence-corrected chi connectivity index (χ2v) is 6.25. The third-order valence-corrected chi connectivity index (χ3v) is 4.60. The number of aromatic nitrogens is 1. The Balaban J connectivity index is 1.53. The second-order valence-electron chi connectivity index (χ2n) is 6.25. The summed E-state index contributed by atoms with van der Waals surface area (Å²) < 4.78 is 6.17. The summed E-state index contributed by atoms with van der Waals surface area (Å²) in [6, 6.07) is 4.91. The molecule has 0 radical (unpaired) electrons. The molecule has 0 saturated heterocycles. The average Bonchev–Trinajstić information content (AvgIpc) is 3.31. The molecule has 2 atom stereocenters. The van der Waals surface area contributed by atoms with Crippen LogP contribution in [0.25, 0.3) is 0 Å². The summed E-state index contributed by atoms with van der Waals surface area (Å²) in [5.41, 5.74) is 1.11. The Morgan fingerprint density at radius 3 is 2.75 bits per heavy atom. The molecule has 1 aromatic rings. The minimum absolute atomic E-state index is 0.394. The number of rotatable bonds is 6. The van der Waals surface area contributed by atoms with Gasteiger partial charge in [-0.25, -0.2) is 0 Å². The van der Waals surface area contributed by atoms with Crippen molar-refractivity contribution in [2.45, 2.75) is 70.6 Å². The van der Waals surface area contributed by atoms with E-state index in [4.69, 9.17) is 4.74 Å². The van der Waals surface area contributed by atoms with Crippen LogP contribution in [0.5, 0.6) is 5.75 Å². The molecule has 2 aliphatic carbocycles. The minimum atomic E-state index is 0.394. The molecule has 3 nitrogen and oxygen atoms in total. The van der Waals surface area contributed by atoms with Crippen LogP contribution in [0.1, 0.15) is 57.6 Å². The van der Waals surface area contributed by atoms with E-state index in [1.54, 1.807) is 0 Å². The Hall–Kier alpha value is -1.09. The lowest BCUT2D eigenvalue weighted by atomic mass is 9.85. The molecule has 20 heavy (non-hydrogen) atoms. The fourth-order valence-electron chi connectivity index (χ4n) is 3.09. The van der Waals surface area contributed by atoms with Crippen LogP contribution in [0.15, 0.2) is 18.3 Å². The molecule has 3 heteroatoms. The van der Waals surface area contributed by atoms with Crippen LogP contribution in [0, 0.1) is 5.92 Å². The van der Waals surface area contributed by atoms with E-state index in [1.807, 2.05) is 6.20 Å². The standard InChI is InChI=1S/C17H26N2O/c1-2-13-5-3-4-6-17(13)20-16-10-9-15(19-12-16)11-18-14-7-8-14/h9-10,12-14,17-18H,2-8,11H2,1H3. The van der Waals surface area contributed by atoms with Crippen molar-refractivity contribution in [2.75, 3.05) is 0 Å². The van der Waals surface area contributed by atoms with Gasteiger partial charge in [0.25, 0.3) is 0 Å². The van der Waals surface area contributed by atoms with Crippen molar-refractivity contribution in [1.29, 1.82) is 0 Å². The highest BCUT2D eigenvalue weighted by Gasteiger charge is 2.25. The van der Waals surface area contributed by atoms with Gasteiger partial charge < -0.3 is 10.1 Å². The largest absolute Gasteiger partial charge is 0.489 e. The number of nitrogens with zero attached hydrogens (tertiary/aromatic N) is 1. The van der Waals surface area contributed by atoms with Crippen molar-refractivity contribution >= 4 is 0 Å². The maximum absolute atomic E-state index is 6.17. The SMILES string of the molecule is CCC1CCCCC1Oc1ccc(CNC2CC2)nc1. The molecule has 2 aliphatic rings. The molecule has 1 N–H and O–H groups in total. The highest BCUT2D eigenvalue weighted by Crippen LogP contribution is 2.30. The van der Waals surface area contributed by atoms with E-state index in [2.05, 4.69) is 29.4 Å². The van der Waals surface area contributed by atoms with Gasteiger partial charge in [0.15, 0.2) is 0 Å². The lowest BCUT2D eigenvalue weighted by molar-refractivity contribution is 0.0900. The summed E-state index contributed by atoms with van der Waals surface area (Å²) in [6.07, 6.45) is 11.3. The van der Waals surface area contributed by atoms with Crippen molar-refractivity contribution in [3.05, 3.63) is 24.0 Å². The topological polar surface area (TPSA) is 34.1 Å². The first-order valence-corrected chi connectivity index (χ1v) is 8.20. The van der Waals surface area contributed by atoms with E-state index >= 15 is 0 Å². The summed E-state index contributed by atoms with van der Waals surface area (Å²) in [5.74, 6) is 1.66. The minimum Gasteiger partial charge on any atom is -0.489 e. The molecular formula is C17H26N2O. The molecule has 1 heterocycles. The number of ether oxygens (including phenoxy) is 1. The molecule has 0 spiro atoms. The Labute approximate surface area is 122 Å². The highest BCUT2D eigenvalue weighted by atomic mass is 16.5. The molecule has 0 amide bonds. The summed E-state index contributed by atoms with van der Waals surface area (Å²) in [6.45, 7) is 3.16. The van der Waals surface area contributed by atoms with Gasteiger partial charge in [0.2, 0.25) is 0 Å². The zero-order valence-electron chi connectivity index (χ0n) is 12.5. The lowest BCUT2D eigenvalue weighted by Crippen LogP contribution is -2.29. The van der Waals surface area contributed by atoms with Gasteiger partial charge in [-0.1, -0.05) is 13.3 Å². The summed E-state index contributed by atoms with van der Waals surface area (Å²) in [4.78, 5) is 4.51. The first-order chi connectivity index (χ1) is 9.85. The summed E-state index contributed by atoms with van der Waals surface area (Å²) in [5, 5.41) is 3.49. The maximum Gasteiger partial charge on any atom is 0.138 e. The zero-order chi connectivity index (χ0) is 13.8. The first kappa shape index (κ1) is 13.9. The Bertz CT molecular complexity index is 414. The molecule has 2 fully saturated rings. The van der Waals surface area contributed by atoms with Crippen molar-refractivity contribution in [1.82, 2.24) is 10.3 Å². The van der Waals surface area contributed by atoms with E-state index in [9.17, 15) is 0 Å². The van der Waals surface area contributed by atoms with Gasteiger partial charge in [0, 0.05) is 12.6 Å². The zero-order valence-corrected chi connectivity index (χ0v) is 12.5. The second kappa shape index (κ2) is 6.57. The number of pyridine rings is 1. The van der Waals surface area contributed by atoms with Crippen LogP contribution in [0.3, 0.4) is 0 Å². The predicted molar refractivity (Wildman–Crippen MR) is 80.8 cm³/mol. The summed E-state index contributed by atoms with van der Waals surface area (Å²) >= 11 is 0. The normalized spacial score (nSPS) is 26.4. The van der Waals surface area contributed by atoms with Crippen LogP contribution in [0.4, 0.5) is 0 Å². The van der Waals surface area contributed by atoms with Crippen molar-refractivity contribution in [3.63, 3.8) is 0 Å². The molecular weight excluding hydrogens is 248 g/mol. The van der Waals surface area contributed by atoms with Gasteiger partial charge in [-0.05, 0) is 56.6 Å². The van der Waals surface area contributed by atoms with E-state index in [-0.39, 0.29) is 0 Å². The summed E-state index contributed by atoms with van der Waals surface area (Å²) in [7, 11) is 0. The van der Waals surface area contributed by atoms with Gasteiger partial charge >= 0.3 is 0 Å². The average molecular weight is 274 g/mol. The maximum atomic E-state index is 6.17. The van der Waals surface area contributed by atoms with Crippen LogP contribution in [-0.4, -0.2) is 17.1 Å². The lowest BCUT2D eigenvalue weighted by Gasteiger charge is -2.31. The molecule has 2 saturated carbocycles. The molecule has 3 rings (SSSR count). The molecule has 110 valence electrons.